The molecule has 2 amide bonds. The Morgan fingerprint density at radius 2 is 1.87 bits per heavy atom. The summed E-state index contributed by atoms with van der Waals surface area (Å²) in [4.78, 5) is 26.0. The number of amides is 2. The second-order valence-corrected chi connectivity index (χ2v) is 9.56. The van der Waals surface area contributed by atoms with E-state index in [2.05, 4.69) is 12.2 Å². The van der Waals surface area contributed by atoms with Crippen molar-refractivity contribution in [1.29, 1.82) is 0 Å². The first-order valence-electron chi connectivity index (χ1n) is 10.6. The lowest BCUT2D eigenvalue weighted by atomic mass is 9.86. The van der Waals surface area contributed by atoms with E-state index >= 15 is 0 Å². The van der Waals surface area contributed by atoms with E-state index in [0.717, 1.165) is 19.3 Å². The number of likely N-dealkylation sites (tertiary alicyclic amines) is 1. The molecule has 0 bridgehead atoms. The molecule has 2 saturated heterocycles. The number of thioether (sulfide) groups is 1. The highest BCUT2D eigenvalue weighted by atomic mass is 32.2. The van der Waals surface area contributed by atoms with E-state index in [-0.39, 0.29) is 11.8 Å². The van der Waals surface area contributed by atoms with Gasteiger partial charge in [0.1, 0.15) is 35.9 Å². The maximum absolute atomic E-state index is 13.2. The van der Waals surface area contributed by atoms with Crippen molar-refractivity contribution in [2.45, 2.75) is 88.4 Å². The van der Waals surface area contributed by atoms with Crippen molar-refractivity contribution in [3.05, 3.63) is 0 Å². The Morgan fingerprint density at radius 3 is 2.40 bits per heavy atom. The molecule has 8 unspecified atom stereocenters. The molecule has 174 valence electrons. The maximum Gasteiger partial charge on any atom is 0.407 e. The fourth-order valence-corrected chi connectivity index (χ4v) is 5.12. The topological polar surface area (TPSA) is 140 Å². The van der Waals surface area contributed by atoms with Crippen LogP contribution in [0.4, 0.5) is 4.79 Å². The Kier molecular flexibility index (Phi) is 9.23. The molecule has 10 heteroatoms. The highest BCUT2D eigenvalue weighted by Gasteiger charge is 2.48. The van der Waals surface area contributed by atoms with Crippen molar-refractivity contribution in [3.8, 4) is 0 Å². The second-order valence-electron chi connectivity index (χ2n) is 8.63. The van der Waals surface area contributed by atoms with Crippen molar-refractivity contribution >= 4 is 23.8 Å². The lowest BCUT2D eigenvalue weighted by Crippen LogP contribution is -2.65. The van der Waals surface area contributed by atoms with Gasteiger partial charge >= 0.3 is 6.09 Å². The summed E-state index contributed by atoms with van der Waals surface area (Å²) in [5, 5.41) is 43.3. The number of piperidine rings is 1. The van der Waals surface area contributed by atoms with Gasteiger partial charge in [-0.15, -0.1) is 11.8 Å². The molecule has 5 N–H and O–H groups in total. The van der Waals surface area contributed by atoms with Gasteiger partial charge in [-0.1, -0.05) is 33.6 Å². The highest BCUT2D eigenvalue weighted by molar-refractivity contribution is 7.99. The number of carbonyl (C=O) groups excluding carboxylic acids is 1. The molecule has 0 radical (unpaired) electrons. The fourth-order valence-electron chi connectivity index (χ4n) is 4.44. The second kappa shape index (κ2) is 11.0. The number of nitrogens with zero attached hydrogens (tertiary/aromatic N) is 1. The zero-order valence-electron chi connectivity index (χ0n) is 18.1. The average Bonchev–Trinajstić information content (AvgIpc) is 2.70. The third-order valence-corrected chi connectivity index (χ3v) is 7.03. The van der Waals surface area contributed by atoms with Crippen LogP contribution in [0, 0.1) is 11.8 Å². The maximum atomic E-state index is 13.2. The smallest absolute Gasteiger partial charge is 0.407 e. The van der Waals surface area contributed by atoms with Gasteiger partial charge in [-0.2, -0.15) is 0 Å². The van der Waals surface area contributed by atoms with Crippen LogP contribution in [0.3, 0.4) is 0 Å². The van der Waals surface area contributed by atoms with Crippen LogP contribution < -0.4 is 5.32 Å². The summed E-state index contributed by atoms with van der Waals surface area (Å²) >= 11 is 1.21. The minimum absolute atomic E-state index is 0.160. The van der Waals surface area contributed by atoms with Crippen LogP contribution in [0.5, 0.6) is 0 Å². The minimum Gasteiger partial charge on any atom is -0.465 e. The lowest BCUT2D eigenvalue weighted by molar-refractivity contribution is -0.208. The Bertz CT molecular complexity index is 592. The summed E-state index contributed by atoms with van der Waals surface area (Å²) in [5.74, 6) is -0.297. The van der Waals surface area contributed by atoms with E-state index in [1.54, 1.807) is 6.26 Å². The number of aliphatic hydroxyl groups is 3. The molecule has 0 aromatic rings. The number of carboxylic acid groups (broad SMARTS) is 1. The summed E-state index contributed by atoms with van der Waals surface area (Å²) in [6, 6.07) is -1.46. The molecule has 0 aliphatic carbocycles. The van der Waals surface area contributed by atoms with Crippen LogP contribution in [0.25, 0.3) is 0 Å². The number of aliphatic hydroxyl groups excluding tert-OH is 3. The van der Waals surface area contributed by atoms with Crippen molar-refractivity contribution in [2.24, 2.45) is 11.8 Å². The van der Waals surface area contributed by atoms with Gasteiger partial charge < -0.3 is 30.5 Å². The van der Waals surface area contributed by atoms with Crippen molar-refractivity contribution in [2.75, 3.05) is 12.8 Å². The van der Waals surface area contributed by atoms with Gasteiger partial charge in [0.15, 0.2) is 0 Å². The fraction of sp³-hybridized carbons (Fsp3) is 0.900. The predicted octanol–water partition coefficient (Wildman–Crippen LogP) is 0.857. The molecule has 9 nitrogen and oxygen atoms in total. The Labute approximate surface area is 182 Å². The molecule has 2 aliphatic rings. The summed E-state index contributed by atoms with van der Waals surface area (Å²) in [5.41, 5.74) is -0.745. The van der Waals surface area contributed by atoms with E-state index in [9.17, 15) is 30.0 Å². The number of rotatable bonds is 7. The first-order chi connectivity index (χ1) is 14.1. The van der Waals surface area contributed by atoms with Crippen LogP contribution in [-0.4, -0.2) is 92.1 Å². The minimum atomic E-state index is -1.40. The molecule has 2 aliphatic heterocycles. The molecule has 0 saturated carbocycles. The molecule has 2 fully saturated rings. The molecular weight excluding hydrogens is 412 g/mol. The largest absolute Gasteiger partial charge is 0.465 e. The predicted molar refractivity (Wildman–Crippen MR) is 113 cm³/mol. The molecule has 0 aromatic heterocycles. The Hall–Kier alpha value is -1.07. The van der Waals surface area contributed by atoms with Gasteiger partial charge in [0.05, 0.1) is 6.04 Å². The monoisotopic (exact) mass is 448 g/mol. The zero-order chi connectivity index (χ0) is 22.6. The third-order valence-electron chi connectivity index (χ3n) is 6.18. The SMILES string of the molecule is CCCC1CCN(C(=O)O)C(C(=O)NC(C(C)C)C2OC(SC)C(O)C(O)C2O)C1. The van der Waals surface area contributed by atoms with Gasteiger partial charge in [0.2, 0.25) is 5.91 Å². The van der Waals surface area contributed by atoms with Crippen molar-refractivity contribution in [3.63, 3.8) is 0 Å². The Balaban J connectivity index is 2.19. The number of carbonyl (C=O) groups is 2. The first kappa shape index (κ1) is 25.2. The quantitative estimate of drug-likeness (QED) is 0.386. The molecule has 8 atom stereocenters. The summed E-state index contributed by atoms with van der Waals surface area (Å²) in [7, 11) is 0. The standard InChI is InChI=1S/C20H36N2O7S/c1-5-6-11-7-8-22(20(27)28)12(9-11)18(26)21-13(10(2)3)17-15(24)14(23)16(25)19(29-17)30-4/h10-17,19,23-25H,5-9H2,1-4H3,(H,21,26)(H,27,28). The van der Waals surface area contributed by atoms with Gasteiger partial charge in [0.25, 0.3) is 0 Å². The Morgan fingerprint density at radius 1 is 1.20 bits per heavy atom. The van der Waals surface area contributed by atoms with E-state index < -0.39 is 53.9 Å². The van der Waals surface area contributed by atoms with E-state index in [4.69, 9.17) is 4.74 Å². The van der Waals surface area contributed by atoms with Gasteiger partial charge in [-0.25, -0.2) is 4.79 Å². The van der Waals surface area contributed by atoms with E-state index in [1.165, 1.54) is 16.7 Å². The average molecular weight is 449 g/mol. The lowest BCUT2D eigenvalue weighted by Gasteiger charge is -2.45. The van der Waals surface area contributed by atoms with Crippen LogP contribution in [0.15, 0.2) is 0 Å². The number of hydrogen-bond donors (Lipinski definition) is 5. The summed E-state index contributed by atoms with van der Waals surface area (Å²) in [6.45, 7) is 6.08. The number of nitrogens with one attached hydrogen (secondary N) is 1. The summed E-state index contributed by atoms with van der Waals surface area (Å²) in [6.07, 6.45) is -1.26. The first-order valence-corrected chi connectivity index (χ1v) is 11.9. The van der Waals surface area contributed by atoms with Crippen LogP contribution >= 0.6 is 11.8 Å². The molecule has 2 heterocycles. The van der Waals surface area contributed by atoms with Crippen LogP contribution in [0.1, 0.15) is 46.5 Å². The van der Waals surface area contributed by atoms with E-state index in [0.29, 0.717) is 13.0 Å². The zero-order valence-corrected chi connectivity index (χ0v) is 18.9. The highest BCUT2D eigenvalue weighted by Crippen LogP contribution is 2.31. The van der Waals surface area contributed by atoms with Gasteiger partial charge in [0, 0.05) is 6.54 Å². The molecule has 0 aromatic carbocycles. The number of ether oxygens (including phenoxy) is 1. The number of hydrogen-bond acceptors (Lipinski definition) is 7. The van der Waals surface area contributed by atoms with Gasteiger partial charge in [-0.05, 0) is 30.9 Å². The van der Waals surface area contributed by atoms with E-state index in [1.807, 2.05) is 13.8 Å². The van der Waals surface area contributed by atoms with Crippen LogP contribution in [0.2, 0.25) is 0 Å². The molecule has 30 heavy (non-hydrogen) atoms. The van der Waals surface area contributed by atoms with Gasteiger partial charge in [-0.3, -0.25) is 9.69 Å². The normalized spacial score (nSPS) is 35.9. The molecular formula is C20H36N2O7S. The third kappa shape index (κ3) is 5.59. The van der Waals surface area contributed by atoms with Crippen molar-refractivity contribution < 1.29 is 34.8 Å². The van der Waals surface area contributed by atoms with Crippen LogP contribution in [-0.2, 0) is 9.53 Å². The summed E-state index contributed by atoms with van der Waals surface area (Å²) < 4.78 is 5.83. The molecule has 2 rings (SSSR count). The molecule has 0 spiro atoms. The van der Waals surface area contributed by atoms with Crippen molar-refractivity contribution in [1.82, 2.24) is 10.2 Å².